The third-order valence-electron chi connectivity index (χ3n) is 4.59. The summed E-state index contributed by atoms with van der Waals surface area (Å²) in [4.78, 5) is 26.6. The van der Waals surface area contributed by atoms with Crippen LogP contribution in [-0.2, 0) is 28.2 Å². The number of thiophene rings is 1. The van der Waals surface area contributed by atoms with E-state index in [0.29, 0.717) is 16.6 Å². The fourth-order valence-electron chi connectivity index (χ4n) is 3.19. The van der Waals surface area contributed by atoms with Crippen LogP contribution in [0.25, 0.3) is 21.5 Å². The van der Waals surface area contributed by atoms with Crippen molar-refractivity contribution in [3.63, 3.8) is 0 Å². The molecule has 1 aromatic carbocycles. The van der Waals surface area contributed by atoms with E-state index in [1.54, 1.807) is 10.9 Å². The second-order valence-corrected chi connectivity index (χ2v) is 8.87. The molecule has 3 aromatic heterocycles. The lowest BCUT2D eigenvalue weighted by molar-refractivity contribution is -0.146. The van der Waals surface area contributed by atoms with Gasteiger partial charge in [-0.15, -0.1) is 11.3 Å². The molecule has 4 rings (SSSR count). The number of hydrogen-bond donors (Lipinski definition) is 0. The van der Waals surface area contributed by atoms with E-state index in [1.807, 2.05) is 68.6 Å². The average molecular weight is 423 g/mol. The molecule has 8 heteroatoms. The minimum Gasteiger partial charge on any atom is -0.459 e. The minimum absolute atomic E-state index is 0.147. The highest BCUT2D eigenvalue weighted by molar-refractivity contribution is 7.13. The van der Waals surface area contributed by atoms with Crippen LogP contribution in [-0.4, -0.2) is 25.5 Å². The summed E-state index contributed by atoms with van der Waals surface area (Å²) in [6, 6.07) is 13.3. The summed E-state index contributed by atoms with van der Waals surface area (Å²) in [6.07, 6.45) is 1.67. The Hall–Kier alpha value is -3.26. The summed E-state index contributed by atoms with van der Waals surface area (Å²) < 4.78 is 8.22. The van der Waals surface area contributed by atoms with Crippen LogP contribution in [0.3, 0.4) is 0 Å². The van der Waals surface area contributed by atoms with Gasteiger partial charge in [-0.2, -0.15) is 10.2 Å². The predicted octanol–water partition coefficient (Wildman–Crippen LogP) is 3.82. The topological polar surface area (TPSA) is 79.0 Å². The second kappa shape index (κ2) is 7.87. The van der Waals surface area contributed by atoms with Crippen LogP contribution in [0.15, 0.2) is 58.8 Å². The van der Waals surface area contributed by atoms with Crippen LogP contribution in [0.5, 0.6) is 0 Å². The number of fused-ring (bicyclic) bond motifs is 1. The van der Waals surface area contributed by atoms with Gasteiger partial charge in [0.25, 0.3) is 5.56 Å². The van der Waals surface area contributed by atoms with E-state index in [9.17, 15) is 9.59 Å². The van der Waals surface area contributed by atoms with Crippen LogP contribution in [0.1, 0.15) is 26.3 Å². The Kier molecular flexibility index (Phi) is 5.26. The molecule has 7 nitrogen and oxygen atoms in total. The maximum absolute atomic E-state index is 13.2. The SMILES string of the molecule is CC(C)(C)n1ncc2c(-c3cccs3)nn(CC(=O)OCc3ccccc3)c(=O)c21. The molecule has 0 radical (unpaired) electrons. The van der Waals surface area contributed by atoms with Crippen molar-refractivity contribution in [2.45, 2.75) is 39.5 Å². The van der Waals surface area contributed by atoms with Crippen LogP contribution in [0.4, 0.5) is 0 Å². The van der Waals surface area contributed by atoms with Gasteiger partial charge in [-0.3, -0.25) is 14.3 Å². The predicted molar refractivity (Wildman–Crippen MR) is 116 cm³/mol. The maximum Gasteiger partial charge on any atom is 0.328 e. The third-order valence-corrected chi connectivity index (χ3v) is 5.47. The first-order valence-electron chi connectivity index (χ1n) is 9.57. The first kappa shape index (κ1) is 20.0. The van der Waals surface area contributed by atoms with Gasteiger partial charge < -0.3 is 4.74 Å². The Morgan fingerprint density at radius 3 is 2.57 bits per heavy atom. The van der Waals surface area contributed by atoms with Gasteiger partial charge in [0.05, 0.1) is 22.0 Å². The molecule has 0 spiro atoms. The number of aromatic nitrogens is 4. The quantitative estimate of drug-likeness (QED) is 0.457. The highest BCUT2D eigenvalue weighted by Crippen LogP contribution is 2.30. The Labute approximate surface area is 177 Å². The standard InChI is InChI=1S/C22H22N4O3S/c1-22(2,3)26-20-16(12-23-26)19(17-10-7-11-30-17)24-25(21(20)28)13-18(27)29-14-15-8-5-4-6-9-15/h4-12H,13-14H2,1-3H3. The lowest BCUT2D eigenvalue weighted by Crippen LogP contribution is -2.32. The molecule has 30 heavy (non-hydrogen) atoms. The van der Waals surface area contributed by atoms with E-state index in [4.69, 9.17) is 4.74 Å². The van der Waals surface area contributed by atoms with Gasteiger partial charge in [0, 0.05) is 0 Å². The molecule has 0 aliphatic rings. The molecule has 3 heterocycles. The molecular weight excluding hydrogens is 400 g/mol. The zero-order chi connectivity index (χ0) is 21.3. The highest BCUT2D eigenvalue weighted by Gasteiger charge is 2.24. The van der Waals surface area contributed by atoms with E-state index in [-0.39, 0.29) is 18.7 Å². The van der Waals surface area contributed by atoms with Gasteiger partial charge in [-0.05, 0) is 37.8 Å². The van der Waals surface area contributed by atoms with Crippen molar-refractivity contribution >= 4 is 28.2 Å². The van der Waals surface area contributed by atoms with E-state index >= 15 is 0 Å². The summed E-state index contributed by atoms with van der Waals surface area (Å²) in [5.41, 5.74) is 1.17. The first-order valence-corrected chi connectivity index (χ1v) is 10.5. The molecule has 154 valence electrons. The summed E-state index contributed by atoms with van der Waals surface area (Å²) in [6.45, 7) is 5.80. The number of esters is 1. The van der Waals surface area contributed by atoms with Gasteiger partial charge in [0.1, 0.15) is 24.4 Å². The molecule has 0 N–H and O–H groups in total. The molecule has 0 atom stereocenters. The second-order valence-electron chi connectivity index (χ2n) is 7.92. The lowest BCUT2D eigenvalue weighted by atomic mass is 10.1. The van der Waals surface area contributed by atoms with Crippen molar-refractivity contribution in [2.24, 2.45) is 0 Å². The number of ether oxygens (including phenoxy) is 1. The van der Waals surface area contributed by atoms with Crippen molar-refractivity contribution in [3.05, 3.63) is 70.0 Å². The van der Waals surface area contributed by atoms with Gasteiger partial charge in [0.15, 0.2) is 0 Å². The number of benzene rings is 1. The smallest absolute Gasteiger partial charge is 0.328 e. The molecule has 0 unspecified atom stereocenters. The number of hydrogen-bond acceptors (Lipinski definition) is 6. The molecule has 0 bridgehead atoms. The molecule has 0 amide bonds. The zero-order valence-corrected chi connectivity index (χ0v) is 17.8. The maximum atomic E-state index is 13.2. The minimum atomic E-state index is -0.522. The Morgan fingerprint density at radius 1 is 1.13 bits per heavy atom. The summed E-state index contributed by atoms with van der Waals surface area (Å²) >= 11 is 1.52. The molecule has 0 saturated carbocycles. The number of rotatable bonds is 5. The molecule has 0 aliphatic carbocycles. The fraction of sp³-hybridized carbons (Fsp3) is 0.273. The highest BCUT2D eigenvalue weighted by atomic mass is 32.1. The van der Waals surface area contributed by atoms with Crippen molar-refractivity contribution < 1.29 is 9.53 Å². The monoisotopic (exact) mass is 422 g/mol. The Morgan fingerprint density at radius 2 is 1.90 bits per heavy atom. The van der Waals surface area contributed by atoms with Crippen LogP contribution in [0.2, 0.25) is 0 Å². The van der Waals surface area contributed by atoms with Gasteiger partial charge in [-0.25, -0.2) is 4.68 Å². The van der Waals surface area contributed by atoms with Crippen molar-refractivity contribution in [1.29, 1.82) is 0 Å². The van der Waals surface area contributed by atoms with Crippen LogP contribution < -0.4 is 5.56 Å². The number of carbonyl (C=O) groups excluding carboxylic acids is 1. The van der Waals surface area contributed by atoms with Crippen molar-refractivity contribution in [2.75, 3.05) is 0 Å². The summed E-state index contributed by atoms with van der Waals surface area (Å²) in [5, 5.41) is 11.6. The molecule has 0 saturated heterocycles. The molecule has 0 fully saturated rings. The first-order chi connectivity index (χ1) is 14.3. The van der Waals surface area contributed by atoms with E-state index in [2.05, 4.69) is 10.2 Å². The zero-order valence-electron chi connectivity index (χ0n) is 17.0. The lowest BCUT2D eigenvalue weighted by Gasteiger charge is -2.20. The van der Waals surface area contributed by atoms with Crippen molar-refractivity contribution in [3.8, 4) is 10.6 Å². The van der Waals surface area contributed by atoms with Gasteiger partial charge in [0.2, 0.25) is 0 Å². The van der Waals surface area contributed by atoms with Crippen molar-refractivity contribution in [1.82, 2.24) is 19.6 Å². The van der Waals surface area contributed by atoms with E-state index in [0.717, 1.165) is 10.4 Å². The molecule has 4 aromatic rings. The summed E-state index contributed by atoms with van der Waals surface area (Å²) in [5.74, 6) is -0.522. The number of nitrogens with zero attached hydrogens (tertiary/aromatic N) is 4. The number of carbonyl (C=O) groups is 1. The Balaban J connectivity index is 1.73. The normalized spacial score (nSPS) is 11.7. The van der Waals surface area contributed by atoms with E-state index in [1.165, 1.54) is 16.0 Å². The van der Waals surface area contributed by atoms with Crippen LogP contribution in [0, 0.1) is 0 Å². The third kappa shape index (κ3) is 3.91. The largest absolute Gasteiger partial charge is 0.459 e. The molecular formula is C22H22N4O3S. The van der Waals surface area contributed by atoms with E-state index < -0.39 is 11.5 Å². The Bertz CT molecular complexity index is 1240. The average Bonchev–Trinajstić information content (AvgIpc) is 3.39. The van der Waals surface area contributed by atoms with Gasteiger partial charge in [-0.1, -0.05) is 36.4 Å². The fourth-order valence-corrected chi connectivity index (χ4v) is 3.91. The van der Waals surface area contributed by atoms with Gasteiger partial charge >= 0.3 is 5.97 Å². The summed E-state index contributed by atoms with van der Waals surface area (Å²) in [7, 11) is 0. The molecule has 0 aliphatic heterocycles. The van der Waals surface area contributed by atoms with Crippen LogP contribution >= 0.6 is 11.3 Å².